The summed E-state index contributed by atoms with van der Waals surface area (Å²) in [6, 6.07) is 0.340. The fraction of sp³-hybridized carbons (Fsp3) is 1.00. The van der Waals surface area contributed by atoms with E-state index >= 15 is 0 Å². The Labute approximate surface area is 74.0 Å². The molecule has 5 heteroatoms. The first-order valence-electron chi connectivity index (χ1n) is 4.11. The summed E-state index contributed by atoms with van der Waals surface area (Å²) in [6.45, 7) is 5.23. The highest BCUT2D eigenvalue weighted by Crippen LogP contribution is 2.10. The Kier molecular flexibility index (Phi) is 2.75. The maximum absolute atomic E-state index is 11.2. The molecule has 1 heterocycles. The third-order valence-corrected chi connectivity index (χ3v) is 3.49. The lowest BCUT2D eigenvalue weighted by Crippen LogP contribution is -2.55. The van der Waals surface area contributed by atoms with Crippen LogP contribution in [-0.2, 0) is 10.0 Å². The van der Waals surface area contributed by atoms with Crippen LogP contribution >= 0.6 is 0 Å². The smallest absolute Gasteiger partial charge is 0.211 e. The summed E-state index contributed by atoms with van der Waals surface area (Å²) in [6.07, 6.45) is 1.27. The first-order chi connectivity index (χ1) is 5.41. The third kappa shape index (κ3) is 2.18. The highest BCUT2D eigenvalue weighted by molar-refractivity contribution is 7.88. The molecule has 12 heavy (non-hydrogen) atoms. The monoisotopic (exact) mass is 192 g/mol. The highest BCUT2D eigenvalue weighted by Gasteiger charge is 2.28. The van der Waals surface area contributed by atoms with Gasteiger partial charge in [0.05, 0.1) is 6.26 Å². The molecule has 1 rings (SSSR count). The van der Waals surface area contributed by atoms with Crippen molar-refractivity contribution in [2.24, 2.45) is 0 Å². The molecule has 0 aromatic rings. The van der Waals surface area contributed by atoms with E-state index in [9.17, 15) is 8.42 Å². The standard InChI is InChI=1S/C7H16N2O2S/c1-6-5-9(12(3,10)11)7(2)4-8-6/h6-8H,4-5H2,1-3H3. The molecule has 4 nitrogen and oxygen atoms in total. The van der Waals surface area contributed by atoms with Gasteiger partial charge in [-0.25, -0.2) is 8.42 Å². The Hall–Kier alpha value is -0.130. The van der Waals surface area contributed by atoms with E-state index in [0.717, 1.165) is 6.54 Å². The van der Waals surface area contributed by atoms with Gasteiger partial charge in [0.2, 0.25) is 10.0 Å². The molecule has 0 aromatic carbocycles. The summed E-state index contributed by atoms with van der Waals surface area (Å²) in [5.74, 6) is 0. The van der Waals surface area contributed by atoms with E-state index in [-0.39, 0.29) is 12.1 Å². The molecule has 2 unspecified atom stereocenters. The van der Waals surface area contributed by atoms with Crippen molar-refractivity contribution < 1.29 is 8.42 Å². The molecule has 0 aliphatic carbocycles. The predicted octanol–water partition coefficient (Wildman–Crippen LogP) is -0.372. The predicted molar refractivity (Wildman–Crippen MR) is 48.5 cm³/mol. The first kappa shape index (κ1) is 9.95. The molecule has 1 saturated heterocycles. The first-order valence-corrected chi connectivity index (χ1v) is 5.96. The Morgan fingerprint density at radius 2 is 2.00 bits per heavy atom. The zero-order chi connectivity index (χ0) is 9.35. The lowest BCUT2D eigenvalue weighted by atomic mass is 10.2. The summed E-state index contributed by atoms with van der Waals surface area (Å²) >= 11 is 0. The Balaban J connectivity index is 2.74. The van der Waals surface area contributed by atoms with E-state index in [1.165, 1.54) is 6.26 Å². The van der Waals surface area contributed by atoms with Crippen LogP contribution in [0.3, 0.4) is 0 Å². The fourth-order valence-corrected chi connectivity index (χ4v) is 2.67. The summed E-state index contributed by atoms with van der Waals surface area (Å²) in [4.78, 5) is 0. The second-order valence-electron chi connectivity index (χ2n) is 3.49. The quantitative estimate of drug-likeness (QED) is 0.616. The number of hydrogen-bond donors (Lipinski definition) is 1. The molecule has 2 atom stereocenters. The zero-order valence-electron chi connectivity index (χ0n) is 7.74. The van der Waals surface area contributed by atoms with Gasteiger partial charge in [0.15, 0.2) is 0 Å². The molecule has 0 bridgehead atoms. The lowest BCUT2D eigenvalue weighted by Gasteiger charge is -2.35. The number of hydrogen-bond acceptors (Lipinski definition) is 3. The fourth-order valence-electron chi connectivity index (χ4n) is 1.45. The summed E-state index contributed by atoms with van der Waals surface area (Å²) in [5, 5.41) is 3.23. The van der Waals surface area contributed by atoms with Crippen LogP contribution in [0.25, 0.3) is 0 Å². The van der Waals surface area contributed by atoms with Gasteiger partial charge in [0.1, 0.15) is 0 Å². The molecule has 1 aliphatic rings. The molecule has 0 saturated carbocycles. The van der Waals surface area contributed by atoms with Crippen LogP contribution < -0.4 is 5.32 Å². The van der Waals surface area contributed by atoms with Crippen LogP contribution in [0.4, 0.5) is 0 Å². The van der Waals surface area contributed by atoms with Crippen molar-refractivity contribution in [3.63, 3.8) is 0 Å². The maximum Gasteiger partial charge on any atom is 0.211 e. The van der Waals surface area contributed by atoms with Gasteiger partial charge in [0, 0.05) is 25.2 Å². The van der Waals surface area contributed by atoms with Crippen molar-refractivity contribution in [3.05, 3.63) is 0 Å². The van der Waals surface area contributed by atoms with Crippen LogP contribution in [0.2, 0.25) is 0 Å². The average molecular weight is 192 g/mol. The molecule has 0 spiro atoms. The van der Waals surface area contributed by atoms with Crippen LogP contribution in [0.5, 0.6) is 0 Å². The lowest BCUT2D eigenvalue weighted by molar-refractivity contribution is 0.246. The van der Waals surface area contributed by atoms with Gasteiger partial charge in [-0.2, -0.15) is 4.31 Å². The minimum absolute atomic E-state index is 0.0798. The van der Waals surface area contributed by atoms with Crippen molar-refractivity contribution >= 4 is 10.0 Å². The number of nitrogens with one attached hydrogen (secondary N) is 1. The Bertz CT molecular complexity index is 250. The van der Waals surface area contributed by atoms with Crippen LogP contribution in [-0.4, -0.2) is 44.2 Å². The molecular weight excluding hydrogens is 176 g/mol. The van der Waals surface area contributed by atoms with Gasteiger partial charge < -0.3 is 5.32 Å². The van der Waals surface area contributed by atoms with Gasteiger partial charge >= 0.3 is 0 Å². The van der Waals surface area contributed by atoms with E-state index < -0.39 is 10.0 Å². The van der Waals surface area contributed by atoms with E-state index in [1.807, 2.05) is 13.8 Å². The van der Waals surface area contributed by atoms with E-state index in [0.29, 0.717) is 6.54 Å². The van der Waals surface area contributed by atoms with Crippen molar-refractivity contribution in [2.45, 2.75) is 25.9 Å². The number of rotatable bonds is 1. The Morgan fingerprint density at radius 3 is 2.42 bits per heavy atom. The molecule has 0 radical (unpaired) electrons. The second kappa shape index (κ2) is 3.32. The average Bonchev–Trinajstić information content (AvgIpc) is 1.92. The molecular formula is C7H16N2O2S. The van der Waals surface area contributed by atoms with E-state index in [4.69, 9.17) is 0 Å². The number of piperazine rings is 1. The summed E-state index contributed by atoms with van der Waals surface area (Å²) in [5.41, 5.74) is 0. The maximum atomic E-state index is 11.2. The Morgan fingerprint density at radius 1 is 1.42 bits per heavy atom. The van der Waals surface area contributed by atoms with E-state index in [2.05, 4.69) is 5.32 Å². The SMILES string of the molecule is CC1CN(S(C)(=O)=O)C(C)CN1. The van der Waals surface area contributed by atoms with Crippen molar-refractivity contribution in [2.75, 3.05) is 19.3 Å². The molecule has 1 fully saturated rings. The normalized spacial score (nSPS) is 33.6. The van der Waals surface area contributed by atoms with Crippen molar-refractivity contribution in [1.29, 1.82) is 0 Å². The topological polar surface area (TPSA) is 49.4 Å². The number of sulfonamides is 1. The third-order valence-electron chi connectivity index (χ3n) is 2.13. The van der Waals surface area contributed by atoms with Crippen LogP contribution in [0, 0.1) is 0 Å². The minimum atomic E-state index is -3.01. The second-order valence-corrected chi connectivity index (χ2v) is 5.43. The van der Waals surface area contributed by atoms with Crippen LogP contribution in [0.15, 0.2) is 0 Å². The number of nitrogens with zero attached hydrogens (tertiary/aromatic N) is 1. The van der Waals surface area contributed by atoms with Gasteiger partial charge in [-0.05, 0) is 13.8 Å². The van der Waals surface area contributed by atoms with Gasteiger partial charge in [-0.1, -0.05) is 0 Å². The minimum Gasteiger partial charge on any atom is -0.311 e. The summed E-state index contributed by atoms with van der Waals surface area (Å²) < 4.78 is 24.0. The summed E-state index contributed by atoms with van der Waals surface area (Å²) in [7, 11) is -3.01. The van der Waals surface area contributed by atoms with Crippen molar-refractivity contribution in [1.82, 2.24) is 9.62 Å². The highest BCUT2D eigenvalue weighted by atomic mass is 32.2. The molecule has 1 N–H and O–H groups in total. The largest absolute Gasteiger partial charge is 0.311 e. The van der Waals surface area contributed by atoms with Gasteiger partial charge in [0.25, 0.3) is 0 Å². The molecule has 0 amide bonds. The zero-order valence-corrected chi connectivity index (χ0v) is 8.56. The molecule has 0 aromatic heterocycles. The molecule has 72 valence electrons. The van der Waals surface area contributed by atoms with E-state index in [1.54, 1.807) is 4.31 Å². The van der Waals surface area contributed by atoms with Crippen molar-refractivity contribution in [3.8, 4) is 0 Å². The van der Waals surface area contributed by atoms with Gasteiger partial charge in [-0.15, -0.1) is 0 Å². The van der Waals surface area contributed by atoms with Crippen LogP contribution in [0.1, 0.15) is 13.8 Å². The van der Waals surface area contributed by atoms with Gasteiger partial charge in [-0.3, -0.25) is 0 Å². The molecule has 1 aliphatic heterocycles.